The summed E-state index contributed by atoms with van der Waals surface area (Å²) in [6.45, 7) is 0.365. The van der Waals surface area contributed by atoms with E-state index in [1.807, 2.05) is 36.4 Å². The number of benzene rings is 2. The molecule has 1 aliphatic heterocycles. The van der Waals surface area contributed by atoms with Crippen LogP contribution in [0.1, 0.15) is 15.9 Å². The van der Waals surface area contributed by atoms with E-state index in [2.05, 4.69) is 12.6 Å². The van der Waals surface area contributed by atoms with E-state index < -0.39 is 0 Å². The van der Waals surface area contributed by atoms with E-state index in [1.165, 1.54) is 4.90 Å². The van der Waals surface area contributed by atoms with Gasteiger partial charge in [0.1, 0.15) is 0 Å². The van der Waals surface area contributed by atoms with Crippen LogP contribution < -0.4 is 0 Å². The predicted molar refractivity (Wildman–Crippen MR) is 77.5 cm³/mol. The molecule has 1 heterocycles. The summed E-state index contributed by atoms with van der Waals surface area (Å²) in [6, 6.07) is 11.6. The lowest BCUT2D eigenvalue weighted by molar-refractivity contribution is -0.128. The first-order valence-electron chi connectivity index (χ1n) is 6.18. The zero-order chi connectivity index (χ0) is 13.4. The molecule has 0 N–H and O–H groups in total. The van der Waals surface area contributed by atoms with E-state index >= 15 is 0 Å². The van der Waals surface area contributed by atoms with Crippen LogP contribution in [0.4, 0.5) is 0 Å². The van der Waals surface area contributed by atoms with Gasteiger partial charge in [0.05, 0.1) is 12.0 Å². The van der Waals surface area contributed by atoms with E-state index in [-0.39, 0.29) is 11.8 Å². The molecule has 4 heteroatoms. The maximum absolute atomic E-state index is 12.5. The smallest absolute Gasteiger partial charge is 0.261 e. The van der Waals surface area contributed by atoms with E-state index in [0.717, 1.165) is 16.3 Å². The van der Waals surface area contributed by atoms with E-state index in [1.54, 1.807) is 0 Å². The van der Waals surface area contributed by atoms with Gasteiger partial charge in [0.25, 0.3) is 5.91 Å². The standard InChI is InChI=1S/C15H13NO2S/c17-13-9-11-6-5-10-3-1-2-4-12(10)14(11)15(18)16(13)7-8-19/h1-6,19H,7-9H2. The minimum absolute atomic E-state index is 0.137. The lowest BCUT2D eigenvalue weighted by Gasteiger charge is -2.27. The Bertz CT molecular complexity index is 681. The van der Waals surface area contributed by atoms with Crippen molar-refractivity contribution in [3.8, 4) is 0 Å². The third-order valence-electron chi connectivity index (χ3n) is 3.44. The minimum Gasteiger partial charge on any atom is -0.277 e. The van der Waals surface area contributed by atoms with Crippen molar-refractivity contribution in [3.05, 3.63) is 47.5 Å². The van der Waals surface area contributed by atoms with Gasteiger partial charge in [-0.15, -0.1) is 0 Å². The number of hydrogen-bond donors (Lipinski definition) is 1. The van der Waals surface area contributed by atoms with Crippen molar-refractivity contribution in [2.75, 3.05) is 12.3 Å². The maximum atomic E-state index is 12.5. The van der Waals surface area contributed by atoms with Crippen molar-refractivity contribution in [2.45, 2.75) is 6.42 Å². The largest absolute Gasteiger partial charge is 0.277 e. The van der Waals surface area contributed by atoms with Crippen LogP contribution in [0.3, 0.4) is 0 Å². The van der Waals surface area contributed by atoms with E-state index in [0.29, 0.717) is 24.3 Å². The Kier molecular flexibility index (Phi) is 3.03. The van der Waals surface area contributed by atoms with Gasteiger partial charge in [-0.3, -0.25) is 14.5 Å². The molecular formula is C15H13NO2S. The molecule has 2 amide bonds. The van der Waals surface area contributed by atoms with Crippen molar-refractivity contribution < 1.29 is 9.59 Å². The van der Waals surface area contributed by atoms with Gasteiger partial charge in [0.15, 0.2) is 0 Å². The highest BCUT2D eigenvalue weighted by molar-refractivity contribution is 7.80. The molecule has 0 aromatic heterocycles. The number of hydrogen-bond acceptors (Lipinski definition) is 3. The van der Waals surface area contributed by atoms with Crippen LogP contribution in [0.2, 0.25) is 0 Å². The number of nitrogens with zero attached hydrogens (tertiary/aromatic N) is 1. The van der Waals surface area contributed by atoms with Gasteiger partial charge in [-0.2, -0.15) is 12.6 Å². The normalized spacial score (nSPS) is 14.9. The average Bonchev–Trinajstić information content (AvgIpc) is 2.42. The molecule has 0 saturated heterocycles. The van der Waals surface area contributed by atoms with Gasteiger partial charge in [-0.05, 0) is 16.3 Å². The molecule has 0 radical (unpaired) electrons. The van der Waals surface area contributed by atoms with Crippen LogP contribution in [0, 0.1) is 0 Å². The Balaban J connectivity index is 2.22. The third kappa shape index (κ3) is 1.92. The third-order valence-corrected chi connectivity index (χ3v) is 3.64. The topological polar surface area (TPSA) is 37.4 Å². The molecule has 0 aliphatic carbocycles. The monoisotopic (exact) mass is 271 g/mol. The van der Waals surface area contributed by atoms with Crippen LogP contribution in [0.15, 0.2) is 36.4 Å². The summed E-state index contributed by atoms with van der Waals surface area (Å²) in [4.78, 5) is 25.8. The van der Waals surface area contributed by atoms with Crippen LogP contribution in [-0.2, 0) is 11.2 Å². The summed E-state index contributed by atoms with van der Waals surface area (Å²) in [5.41, 5.74) is 1.49. The molecule has 3 nitrogen and oxygen atoms in total. The molecule has 0 unspecified atom stereocenters. The summed E-state index contributed by atoms with van der Waals surface area (Å²) in [6.07, 6.45) is 0.291. The van der Waals surface area contributed by atoms with Crippen molar-refractivity contribution in [2.24, 2.45) is 0 Å². The second-order valence-electron chi connectivity index (χ2n) is 4.57. The Morgan fingerprint density at radius 1 is 1.11 bits per heavy atom. The fraction of sp³-hybridized carbons (Fsp3) is 0.200. The second kappa shape index (κ2) is 4.70. The molecule has 1 aliphatic rings. The highest BCUT2D eigenvalue weighted by atomic mass is 32.1. The molecule has 96 valence electrons. The minimum atomic E-state index is -0.197. The molecule has 0 spiro atoms. The molecule has 19 heavy (non-hydrogen) atoms. The lowest BCUT2D eigenvalue weighted by Crippen LogP contribution is -2.43. The quantitative estimate of drug-likeness (QED) is 0.672. The van der Waals surface area contributed by atoms with Crippen LogP contribution in [-0.4, -0.2) is 29.0 Å². The molecule has 3 rings (SSSR count). The number of imide groups is 1. The fourth-order valence-electron chi connectivity index (χ4n) is 2.55. The molecule has 2 aromatic rings. The Morgan fingerprint density at radius 3 is 2.68 bits per heavy atom. The molecule has 2 aromatic carbocycles. The summed E-state index contributed by atoms with van der Waals surface area (Å²) in [5, 5.41) is 1.94. The van der Waals surface area contributed by atoms with E-state index in [9.17, 15) is 9.59 Å². The van der Waals surface area contributed by atoms with Gasteiger partial charge < -0.3 is 0 Å². The molecular weight excluding hydrogens is 258 g/mol. The van der Waals surface area contributed by atoms with Crippen LogP contribution in [0.5, 0.6) is 0 Å². The average molecular weight is 271 g/mol. The van der Waals surface area contributed by atoms with Gasteiger partial charge in [-0.25, -0.2) is 0 Å². The van der Waals surface area contributed by atoms with Crippen LogP contribution in [0.25, 0.3) is 10.8 Å². The van der Waals surface area contributed by atoms with Crippen molar-refractivity contribution in [1.82, 2.24) is 4.90 Å². The Hall–Kier alpha value is -1.81. The molecule has 0 fully saturated rings. The SMILES string of the molecule is O=C1Cc2ccc3ccccc3c2C(=O)N1CCS. The molecule has 0 atom stereocenters. The number of carbonyl (C=O) groups excluding carboxylic acids is 2. The first-order chi connectivity index (χ1) is 9.22. The van der Waals surface area contributed by atoms with Crippen molar-refractivity contribution in [1.29, 1.82) is 0 Å². The Labute approximate surface area is 116 Å². The number of carbonyl (C=O) groups is 2. The Morgan fingerprint density at radius 2 is 1.89 bits per heavy atom. The summed E-state index contributed by atoms with van der Waals surface area (Å²) in [7, 11) is 0. The summed E-state index contributed by atoms with van der Waals surface area (Å²) < 4.78 is 0. The molecule has 0 saturated carbocycles. The van der Waals surface area contributed by atoms with Crippen molar-refractivity contribution >= 4 is 35.2 Å². The number of rotatable bonds is 2. The van der Waals surface area contributed by atoms with E-state index in [4.69, 9.17) is 0 Å². The number of thiol groups is 1. The first kappa shape index (κ1) is 12.2. The second-order valence-corrected chi connectivity index (χ2v) is 5.02. The van der Waals surface area contributed by atoms with Crippen LogP contribution >= 0.6 is 12.6 Å². The fourth-order valence-corrected chi connectivity index (χ4v) is 2.75. The van der Waals surface area contributed by atoms with Crippen molar-refractivity contribution in [3.63, 3.8) is 0 Å². The number of fused-ring (bicyclic) bond motifs is 3. The first-order valence-corrected chi connectivity index (χ1v) is 6.82. The maximum Gasteiger partial charge on any atom is 0.261 e. The molecule has 0 bridgehead atoms. The van der Waals surface area contributed by atoms with Gasteiger partial charge >= 0.3 is 0 Å². The van der Waals surface area contributed by atoms with Gasteiger partial charge in [-0.1, -0.05) is 36.4 Å². The highest BCUT2D eigenvalue weighted by Gasteiger charge is 2.31. The van der Waals surface area contributed by atoms with Gasteiger partial charge in [0, 0.05) is 12.3 Å². The van der Waals surface area contributed by atoms with Gasteiger partial charge in [0.2, 0.25) is 5.91 Å². The highest BCUT2D eigenvalue weighted by Crippen LogP contribution is 2.28. The zero-order valence-corrected chi connectivity index (χ0v) is 11.2. The lowest BCUT2D eigenvalue weighted by atomic mass is 9.93. The number of amides is 2. The summed E-state index contributed by atoms with van der Waals surface area (Å²) in [5.74, 6) is 0.149. The zero-order valence-electron chi connectivity index (χ0n) is 10.3. The predicted octanol–water partition coefficient (Wildman–Crippen LogP) is 2.29. The summed E-state index contributed by atoms with van der Waals surface area (Å²) >= 11 is 4.11.